The highest BCUT2D eigenvalue weighted by Gasteiger charge is 2.23. The fourth-order valence-electron chi connectivity index (χ4n) is 2.32. The first kappa shape index (κ1) is 15.9. The maximum atomic E-state index is 13.0. The first-order valence-corrected chi connectivity index (χ1v) is 7.64. The average molecular weight is 340 g/mol. The minimum atomic E-state index is -0.437. The predicted octanol–water partition coefficient (Wildman–Crippen LogP) is 2.57. The Labute approximate surface area is 137 Å². The fourth-order valence-corrected chi connectivity index (χ4v) is 2.55. The van der Waals surface area contributed by atoms with Gasteiger partial charge in [-0.1, -0.05) is 22.8 Å². The van der Waals surface area contributed by atoms with E-state index in [4.69, 9.17) is 20.9 Å². The smallest absolute Gasteiger partial charge is 0.255 e. The third-order valence-electron chi connectivity index (χ3n) is 3.50. The van der Waals surface area contributed by atoms with Crippen molar-refractivity contribution in [3.63, 3.8) is 0 Å². The van der Waals surface area contributed by atoms with E-state index < -0.39 is 5.82 Å². The summed E-state index contributed by atoms with van der Waals surface area (Å²) in [5.74, 6) is 0.122. The maximum Gasteiger partial charge on any atom is 0.255 e. The molecule has 122 valence electrons. The molecule has 0 spiro atoms. The zero-order valence-electron chi connectivity index (χ0n) is 12.2. The van der Waals surface area contributed by atoms with E-state index in [0.29, 0.717) is 23.9 Å². The SMILES string of the molecule is O=C(Cc1ccc(F)cc1Cl)NCc1noc([C@@H]2CCCO2)n1. The number of hydrogen-bond donors (Lipinski definition) is 1. The zero-order chi connectivity index (χ0) is 16.2. The normalized spacial score (nSPS) is 17.4. The van der Waals surface area contributed by atoms with E-state index in [1.807, 2.05) is 0 Å². The lowest BCUT2D eigenvalue weighted by Gasteiger charge is -2.05. The molecule has 1 N–H and O–H groups in total. The van der Waals surface area contributed by atoms with E-state index in [1.165, 1.54) is 18.2 Å². The minimum absolute atomic E-state index is 0.0511. The van der Waals surface area contributed by atoms with Crippen LogP contribution in [0.3, 0.4) is 0 Å². The quantitative estimate of drug-likeness (QED) is 0.906. The van der Waals surface area contributed by atoms with Gasteiger partial charge in [0, 0.05) is 11.6 Å². The summed E-state index contributed by atoms with van der Waals surface area (Å²) in [6, 6.07) is 3.93. The predicted molar refractivity (Wildman–Crippen MR) is 79.2 cm³/mol. The lowest BCUT2D eigenvalue weighted by Crippen LogP contribution is -2.25. The Kier molecular flexibility index (Phi) is 4.88. The first-order valence-electron chi connectivity index (χ1n) is 7.26. The number of aromatic nitrogens is 2. The molecule has 3 rings (SSSR count). The van der Waals surface area contributed by atoms with E-state index in [2.05, 4.69) is 15.5 Å². The molecule has 0 saturated carbocycles. The van der Waals surface area contributed by atoms with E-state index in [0.717, 1.165) is 12.8 Å². The number of hydrogen-bond acceptors (Lipinski definition) is 5. The molecule has 1 fully saturated rings. The van der Waals surface area contributed by atoms with E-state index in [9.17, 15) is 9.18 Å². The number of nitrogens with one attached hydrogen (secondary N) is 1. The monoisotopic (exact) mass is 339 g/mol. The summed E-state index contributed by atoms with van der Waals surface area (Å²) in [5, 5.41) is 6.71. The summed E-state index contributed by atoms with van der Waals surface area (Å²) in [6.07, 6.45) is 1.73. The molecule has 23 heavy (non-hydrogen) atoms. The molecule has 2 heterocycles. The summed E-state index contributed by atoms with van der Waals surface area (Å²) in [5.41, 5.74) is 0.554. The van der Waals surface area contributed by atoms with Gasteiger partial charge >= 0.3 is 0 Å². The number of benzene rings is 1. The topological polar surface area (TPSA) is 77.2 Å². The molecule has 1 amide bonds. The van der Waals surface area contributed by atoms with Crippen molar-refractivity contribution in [1.29, 1.82) is 0 Å². The van der Waals surface area contributed by atoms with Gasteiger partial charge in [-0.2, -0.15) is 4.98 Å². The number of nitrogens with zero attached hydrogens (tertiary/aromatic N) is 2. The molecular formula is C15H15ClFN3O3. The highest BCUT2D eigenvalue weighted by molar-refractivity contribution is 6.31. The molecule has 0 bridgehead atoms. The number of halogens is 2. The third-order valence-corrected chi connectivity index (χ3v) is 3.85. The highest BCUT2D eigenvalue weighted by Crippen LogP contribution is 2.26. The van der Waals surface area contributed by atoms with E-state index in [-0.39, 0.29) is 30.0 Å². The van der Waals surface area contributed by atoms with Gasteiger partial charge in [-0.15, -0.1) is 0 Å². The number of carbonyl (C=O) groups excluding carboxylic acids is 1. The van der Waals surface area contributed by atoms with Crippen LogP contribution < -0.4 is 5.32 Å². The second-order valence-corrected chi connectivity index (χ2v) is 5.65. The van der Waals surface area contributed by atoms with Crippen LogP contribution in [0.1, 0.15) is 36.2 Å². The molecule has 1 aromatic heterocycles. The summed E-state index contributed by atoms with van der Waals surface area (Å²) in [7, 11) is 0. The molecule has 1 aliphatic heterocycles. The Morgan fingerprint density at radius 3 is 3.09 bits per heavy atom. The van der Waals surface area contributed by atoms with Crippen LogP contribution in [0.25, 0.3) is 0 Å². The molecule has 1 aliphatic rings. The van der Waals surface area contributed by atoms with Crippen LogP contribution >= 0.6 is 11.6 Å². The van der Waals surface area contributed by atoms with Gasteiger partial charge in [-0.05, 0) is 30.5 Å². The van der Waals surface area contributed by atoms with Crippen molar-refractivity contribution in [1.82, 2.24) is 15.5 Å². The van der Waals surface area contributed by atoms with Crippen molar-refractivity contribution < 1.29 is 18.4 Å². The van der Waals surface area contributed by atoms with Crippen LogP contribution in [0.2, 0.25) is 5.02 Å². The lowest BCUT2D eigenvalue weighted by molar-refractivity contribution is -0.120. The van der Waals surface area contributed by atoms with Gasteiger partial charge in [0.25, 0.3) is 5.89 Å². The van der Waals surface area contributed by atoms with Gasteiger partial charge < -0.3 is 14.6 Å². The molecule has 2 aromatic rings. The van der Waals surface area contributed by atoms with Crippen molar-refractivity contribution in [2.45, 2.75) is 31.9 Å². The molecule has 1 atom stereocenters. The van der Waals surface area contributed by atoms with Gasteiger partial charge in [-0.3, -0.25) is 4.79 Å². The van der Waals surface area contributed by atoms with Gasteiger partial charge in [0.2, 0.25) is 5.91 Å². The summed E-state index contributed by atoms with van der Waals surface area (Å²) in [6.45, 7) is 0.839. The van der Waals surface area contributed by atoms with Crippen molar-refractivity contribution in [3.05, 3.63) is 46.3 Å². The van der Waals surface area contributed by atoms with Crippen LogP contribution in [-0.4, -0.2) is 22.7 Å². The van der Waals surface area contributed by atoms with Crippen molar-refractivity contribution in [2.24, 2.45) is 0 Å². The average Bonchev–Trinajstić information content (AvgIpc) is 3.18. The molecule has 0 radical (unpaired) electrons. The number of ether oxygens (including phenoxy) is 1. The summed E-state index contributed by atoms with van der Waals surface area (Å²) < 4.78 is 23.5. The van der Waals surface area contributed by atoms with Crippen LogP contribution in [0, 0.1) is 5.82 Å². The standard InChI is InChI=1S/C15H15ClFN3O3/c16-11-7-10(17)4-3-9(11)6-14(21)18-8-13-19-15(23-20-13)12-2-1-5-22-12/h3-4,7,12H,1-2,5-6,8H2,(H,18,21)/t12-/m0/s1. The van der Waals surface area contributed by atoms with Crippen LogP contribution in [-0.2, 0) is 22.5 Å². The third kappa shape index (κ3) is 4.05. The van der Waals surface area contributed by atoms with Gasteiger partial charge in [0.15, 0.2) is 5.82 Å². The Morgan fingerprint density at radius 2 is 2.35 bits per heavy atom. The second-order valence-electron chi connectivity index (χ2n) is 5.24. The summed E-state index contributed by atoms with van der Waals surface area (Å²) in [4.78, 5) is 16.1. The summed E-state index contributed by atoms with van der Waals surface area (Å²) >= 11 is 5.89. The Morgan fingerprint density at radius 1 is 1.48 bits per heavy atom. The van der Waals surface area contributed by atoms with Crippen molar-refractivity contribution in [2.75, 3.05) is 6.61 Å². The number of rotatable bonds is 5. The first-order chi connectivity index (χ1) is 11.1. The second kappa shape index (κ2) is 7.06. The molecule has 6 nitrogen and oxygen atoms in total. The van der Waals surface area contributed by atoms with Gasteiger partial charge in [0.1, 0.15) is 11.9 Å². The molecule has 0 unspecified atom stereocenters. The van der Waals surface area contributed by atoms with Gasteiger partial charge in [-0.25, -0.2) is 4.39 Å². The Hall–Kier alpha value is -1.99. The van der Waals surface area contributed by atoms with Crippen molar-refractivity contribution in [3.8, 4) is 0 Å². The lowest BCUT2D eigenvalue weighted by atomic mass is 10.1. The Balaban J connectivity index is 1.52. The van der Waals surface area contributed by atoms with Crippen molar-refractivity contribution >= 4 is 17.5 Å². The zero-order valence-corrected chi connectivity index (χ0v) is 13.0. The number of carbonyl (C=O) groups is 1. The fraction of sp³-hybridized carbons (Fsp3) is 0.400. The molecule has 1 saturated heterocycles. The van der Waals surface area contributed by atoms with Crippen LogP contribution in [0.15, 0.2) is 22.7 Å². The van der Waals surface area contributed by atoms with E-state index in [1.54, 1.807) is 0 Å². The highest BCUT2D eigenvalue weighted by atomic mass is 35.5. The largest absolute Gasteiger partial charge is 0.368 e. The molecule has 0 aliphatic carbocycles. The molecule has 8 heteroatoms. The molecule has 1 aromatic carbocycles. The number of amides is 1. The Bertz CT molecular complexity index is 701. The van der Waals surface area contributed by atoms with Crippen LogP contribution in [0.4, 0.5) is 4.39 Å². The maximum absolute atomic E-state index is 13.0. The van der Waals surface area contributed by atoms with E-state index >= 15 is 0 Å². The molecular weight excluding hydrogens is 325 g/mol. The minimum Gasteiger partial charge on any atom is -0.368 e. The van der Waals surface area contributed by atoms with Gasteiger partial charge in [0.05, 0.1) is 13.0 Å². The van der Waals surface area contributed by atoms with Crippen LogP contribution in [0.5, 0.6) is 0 Å².